The van der Waals surface area contributed by atoms with Gasteiger partial charge in [-0.2, -0.15) is 0 Å². The fraction of sp³-hybridized carbons (Fsp3) is 0.0667. The normalized spacial score (nSPS) is 10.9. The molecule has 0 aliphatic rings. The Balaban J connectivity index is 1.97. The number of anilines is 1. The molecular weight excluding hydrogens is 357 g/mol. The molecule has 1 nitrogen and oxygen atoms in total. The summed E-state index contributed by atoms with van der Waals surface area (Å²) in [4.78, 5) is 2.42. The Hall–Kier alpha value is -1.17. The van der Waals surface area contributed by atoms with Crippen molar-refractivity contribution in [3.8, 4) is 0 Å². The van der Waals surface area contributed by atoms with Crippen LogP contribution in [0.2, 0.25) is 0 Å². The molecule has 0 radical (unpaired) electrons. The molecule has 3 rings (SSSR count). The summed E-state index contributed by atoms with van der Waals surface area (Å²) in [5, 5.41) is 7.53. The van der Waals surface area contributed by atoms with Gasteiger partial charge in [0.25, 0.3) is 0 Å². The Bertz CT molecular complexity index is 646. The van der Waals surface area contributed by atoms with Gasteiger partial charge < -0.3 is 5.32 Å². The van der Waals surface area contributed by atoms with Gasteiger partial charge in [0.05, 0.1) is 11.7 Å². The maximum Gasteiger partial charge on any atom is 0.125 e. The Morgan fingerprint density at radius 3 is 2.20 bits per heavy atom. The van der Waals surface area contributed by atoms with Crippen LogP contribution in [0.15, 0.2) is 57.7 Å². The third-order valence-corrected chi connectivity index (χ3v) is 5.45. The van der Waals surface area contributed by atoms with Crippen LogP contribution in [-0.4, -0.2) is 0 Å². The number of rotatable bonds is 4. The number of hydrogen-bond donors (Lipinski definition) is 1. The molecule has 1 aromatic carbocycles. The lowest BCUT2D eigenvalue weighted by atomic mass is 10.2. The van der Waals surface area contributed by atoms with Crippen LogP contribution >= 0.6 is 38.6 Å². The molecular formula is C15H11BrFNS2. The van der Waals surface area contributed by atoms with Gasteiger partial charge in [-0.25, -0.2) is 4.39 Å². The molecule has 0 atom stereocenters. The maximum absolute atomic E-state index is 13.4. The quantitative estimate of drug-likeness (QED) is 0.603. The number of thiophene rings is 2. The van der Waals surface area contributed by atoms with Crippen LogP contribution < -0.4 is 5.32 Å². The van der Waals surface area contributed by atoms with E-state index in [-0.39, 0.29) is 11.9 Å². The van der Waals surface area contributed by atoms with Crippen LogP contribution in [0.1, 0.15) is 15.8 Å². The standard InChI is InChI=1S/C15H11BrFNS2/c16-11-6-5-10(17)9-12(11)18-15(13-3-1-7-19-13)14-4-2-8-20-14/h1-9,15,18H. The molecule has 0 bridgehead atoms. The van der Waals surface area contributed by atoms with E-state index in [0.29, 0.717) is 0 Å². The van der Waals surface area contributed by atoms with Crippen LogP contribution in [0.5, 0.6) is 0 Å². The highest BCUT2D eigenvalue weighted by Gasteiger charge is 2.17. The van der Waals surface area contributed by atoms with Crippen molar-refractivity contribution in [3.63, 3.8) is 0 Å². The zero-order valence-electron chi connectivity index (χ0n) is 10.3. The first-order valence-corrected chi connectivity index (χ1v) is 8.57. The lowest BCUT2D eigenvalue weighted by molar-refractivity contribution is 0.628. The summed E-state index contributed by atoms with van der Waals surface area (Å²) in [5.74, 6) is -0.244. The molecule has 0 unspecified atom stereocenters. The molecule has 0 saturated carbocycles. The molecule has 0 aliphatic heterocycles. The van der Waals surface area contributed by atoms with Crippen molar-refractivity contribution in [1.29, 1.82) is 0 Å². The topological polar surface area (TPSA) is 12.0 Å². The van der Waals surface area contributed by atoms with Gasteiger partial charge in [-0.15, -0.1) is 22.7 Å². The van der Waals surface area contributed by atoms with Crippen LogP contribution in [0.25, 0.3) is 0 Å². The molecule has 20 heavy (non-hydrogen) atoms. The minimum atomic E-state index is -0.244. The lowest BCUT2D eigenvalue weighted by Crippen LogP contribution is -2.10. The van der Waals surface area contributed by atoms with E-state index in [1.54, 1.807) is 28.7 Å². The van der Waals surface area contributed by atoms with E-state index < -0.39 is 0 Å². The number of halogens is 2. The fourth-order valence-electron chi connectivity index (χ4n) is 1.96. The van der Waals surface area contributed by atoms with E-state index in [1.807, 2.05) is 12.1 Å². The largest absolute Gasteiger partial charge is 0.372 e. The molecule has 0 saturated heterocycles. The monoisotopic (exact) mass is 367 g/mol. The summed E-state index contributed by atoms with van der Waals surface area (Å²) in [6, 6.07) is 13.0. The molecule has 5 heteroatoms. The average molecular weight is 368 g/mol. The van der Waals surface area contributed by atoms with Crippen LogP contribution in [0.3, 0.4) is 0 Å². The van der Waals surface area contributed by atoms with Gasteiger partial charge in [-0.1, -0.05) is 12.1 Å². The Kier molecular flexibility index (Phi) is 4.19. The first-order chi connectivity index (χ1) is 9.74. The van der Waals surface area contributed by atoms with Gasteiger partial charge in [0.1, 0.15) is 5.82 Å². The van der Waals surface area contributed by atoms with Crippen LogP contribution in [0.4, 0.5) is 10.1 Å². The summed E-state index contributed by atoms with van der Waals surface area (Å²) in [7, 11) is 0. The summed E-state index contributed by atoms with van der Waals surface area (Å²) in [6.07, 6.45) is 0. The van der Waals surface area contributed by atoms with Gasteiger partial charge in [0.15, 0.2) is 0 Å². The third-order valence-electron chi connectivity index (χ3n) is 2.88. The highest BCUT2D eigenvalue weighted by Crippen LogP contribution is 2.34. The minimum absolute atomic E-state index is 0.0492. The highest BCUT2D eigenvalue weighted by molar-refractivity contribution is 9.10. The first-order valence-electron chi connectivity index (χ1n) is 6.02. The van der Waals surface area contributed by atoms with Crippen LogP contribution in [-0.2, 0) is 0 Å². The van der Waals surface area contributed by atoms with Crippen molar-refractivity contribution < 1.29 is 4.39 Å². The van der Waals surface area contributed by atoms with Gasteiger partial charge in [0.2, 0.25) is 0 Å². The summed E-state index contributed by atoms with van der Waals surface area (Å²) < 4.78 is 14.3. The zero-order chi connectivity index (χ0) is 13.9. The second-order valence-corrected chi connectivity index (χ2v) is 7.05. The molecule has 0 spiro atoms. The predicted octanol–water partition coefficient (Wildman–Crippen LogP) is 5.91. The highest BCUT2D eigenvalue weighted by atomic mass is 79.9. The van der Waals surface area contributed by atoms with Crippen molar-refractivity contribution >= 4 is 44.3 Å². The van der Waals surface area contributed by atoms with E-state index in [9.17, 15) is 4.39 Å². The third kappa shape index (κ3) is 2.95. The SMILES string of the molecule is Fc1ccc(Br)c(NC(c2cccs2)c2cccs2)c1. The first kappa shape index (κ1) is 13.8. The summed E-state index contributed by atoms with van der Waals surface area (Å²) in [6.45, 7) is 0. The predicted molar refractivity (Wildman–Crippen MR) is 88.2 cm³/mol. The second-order valence-electron chi connectivity index (χ2n) is 4.23. The van der Waals surface area contributed by atoms with Crippen molar-refractivity contribution in [2.24, 2.45) is 0 Å². The van der Waals surface area contributed by atoms with Gasteiger partial charge in [-0.05, 0) is 57.0 Å². The average Bonchev–Trinajstić information content (AvgIpc) is 3.12. The van der Waals surface area contributed by atoms with Gasteiger partial charge in [-0.3, -0.25) is 0 Å². The second kappa shape index (κ2) is 6.08. The van der Waals surface area contributed by atoms with Crippen molar-refractivity contribution in [2.45, 2.75) is 6.04 Å². The molecule has 2 aromatic heterocycles. The van der Waals surface area contributed by atoms with E-state index in [1.165, 1.54) is 21.9 Å². The summed E-state index contributed by atoms with van der Waals surface area (Å²) >= 11 is 6.85. The van der Waals surface area contributed by atoms with E-state index >= 15 is 0 Å². The number of nitrogens with one attached hydrogen (secondary N) is 1. The van der Waals surface area contributed by atoms with E-state index in [2.05, 4.69) is 44.1 Å². The Morgan fingerprint density at radius 2 is 1.65 bits per heavy atom. The number of hydrogen-bond acceptors (Lipinski definition) is 3. The number of benzene rings is 1. The van der Waals surface area contributed by atoms with E-state index in [0.717, 1.165) is 10.2 Å². The van der Waals surface area contributed by atoms with Gasteiger partial charge >= 0.3 is 0 Å². The van der Waals surface area contributed by atoms with Crippen molar-refractivity contribution in [1.82, 2.24) is 0 Å². The maximum atomic E-state index is 13.4. The molecule has 3 aromatic rings. The smallest absolute Gasteiger partial charge is 0.125 e. The molecule has 0 amide bonds. The van der Waals surface area contributed by atoms with Crippen molar-refractivity contribution in [2.75, 3.05) is 5.32 Å². The molecule has 0 fully saturated rings. The molecule has 0 aliphatic carbocycles. The van der Waals surface area contributed by atoms with Crippen molar-refractivity contribution in [3.05, 3.63) is 73.3 Å². The molecule has 2 heterocycles. The minimum Gasteiger partial charge on any atom is -0.372 e. The van der Waals surface area contributed by atoms with Gasteiger partial charge in [0, 0.05) is 14.2 Å². The zero-order valence-corrected chi connectivity index (χ0v) is 13.6. The Labute approximate surface area is 133 Å². The molecule has 102 valence electrons. The lowest BCUT2D eigenvalue weighted by Gasteiger charge is -2.18. The van der Waals surface area contributed by atoms with Crippen LogP contribution in [0, 0.1) is 5.82 Å². The Morgan fingerprint density at radius 1 is 1.00 bits per heavy atom. The summed E-state index contributed by atoms with van der Waals surface area (Å²) in [5.41, 5.74) is 0.761. The molecule has 1 N–H and O–H groups in total. The van der Waals surface area contributed by atoms with E-state index in [4.69, 9.17) is 0 Å². The fourth-order valence-corrected chi connectivity index (χ4v) is 3.98.